The predicted molar refractivity (Wildman–Crippen MR) is 111 cm³/mol. The Labute approximate surface area is 181 Å². The van der Waals surface area contributed by atoms with Crippen LogP contribution in [0, 0.1) is 12.7 Å². The zero-order valence-corrected chi connectivity index (χ0v) is 17.1. The molecule has 0 bridgehead atoms. The third-order valence-electron chi connectivity index (χ3n) is 4.39. The van der Waals surface area contributed by atoms with Crippen LogP contribution < -0.4 is 10.1 Å². The van der Waals surface area contributed by atoms with E-state index in [2.05, 4.69) is 20.6 Å². The molecule has 2 aromatic heterocycles. The van der Waals surface area contributed by atoms with Gasteiger partial charge in [0.1, 0.15) is 30.3 Å². The standard InChI is InChI=1S/C21H17ClFN5O3/c1-13-18(11-30-17-7-5-15(22)6-8-17)19(27-31-13)20(29)25-21-24-12-28(26-21)10-14-3-2-4-16(23)9-14/h2-9,12H,10-11H2,1H3,(H,25,26,29). The maximum absolute atomic E-state index is 13.3. The fourth-order valence-corrected chi connectivity index (χ4v) is 2.96. The van der Waals surface area contributed by atoms with Crippen LogP contribution in [0.2, 0.25) is 5.02 Å². The van der Waals surface area contributed by atoms with Gasteiger partial charge in [0, 0.05) is 5.02 Å². The van der Waals surface area contributed by atoms with Crippen molar-refractivity contribution in [3.8, 4) is 5.75 Å². The van der Waals surface area contributed by atoms with Crippen LogP contribution in [0.1, 0.15) is 27.4 Å². The van der Waals surface area contributed by atoms with Gasteiger partial charge in [-0.2, -0.15) is 0 Å². The molecule has 8 nitrogen and oxygen atoms in total. The number of nitrogens with zero attached hydrogens (tertiary/aromatic N) is 4. The summed E-state index contributed by atoms with van der Waals surface area (Å²) in [5.41, 5.74) is 1.30. The Balaban J connectivity index is 1.42. The summed E-state index contributed by atoms with van der Waals surface area (Å²) in [6.07, 6.45) is 1.44. The Kier molecular flexibility index (Phi) is 5.94. The van der Waals surface area contributed by atoms with Gasteiger partial charge in [-0.3, -0.25) is 10.1 Å². The molecule has 0 radical (unpaired) electrons. The highest BCUT2D eigenvalue weighted by atomic mass is 35.5. The number of aromatic nitrogens is 4. The first-order valence-corrected chi connectivity index (χ1v) is 9.64. The van der Waals surface area contributed by atoms with E-state index in [4.69, 9.17) is 20.9 Å². The molecule has 4 aromatic rings. The maximum Gasteiger partial charge on any atom is 0.280 e. The first-order chi connectivity index (χ1) is 15.0. The molecule has 10 heteroatoms. The molecule has 0 aliphatic carbocycles. The van der Waals surface area contributed by atoms with Crippen LogP contribution in [0.5, 0.6) is 5.75 Å². The van der Waals surface area contributed by atoms with Gasteiger partial charge in [-0.1, -0.05) is 28.9 Å². The number of carbonyl (C=O) groups excluding carboxylic acids is 1. The number of halogens is 2. The third-order valence-corrected chi connectivity index (χ3v) is 4.64. The molecule has 0 saturated carbocycles. The molecule has 2 heterocycles. The minimum Gasteiger partial charge on any atom is -0.489 e. The van der Waals surface area contributed by atoms with Crippen LogP contribution in [0.25, 0.3) is 0 Å². The number of nitrogens with one attached hydrogen (secondary N) is 1. The number of hydrogen-bond donors (Lipinski definition) is 1. The van der Waals surface area contributed by atoms with E-state index < -0.39 is 5.91 Å². The number of anilines is 1. The summed E-state index contributed by atoms with van der Waals surface area (Å²) in [5.74, 6) is 0.278. The Hall–Kier alpha value is -3.72. The number of aryl methyl sites for hydroxylation is 1. The molecular formula is C21H17ClFN5O3. The molecule has 0 aliphatic rings. The van der Waals surface area contributed by atoms with Crippen molar-refractivity contribution in [2.75, 3.05) is 5.32 Å². The highest BCUT2D eigenvalue weighted by Crippen LogP contribution is 2.20. The van der Waals surface area contributed by atoms with Gasteiger partial charge in [-0.25, -0.2) is 14.1 Å². The molecule has 4 rings (SSSR count). The van der Waals surface area contributed by atoms with E-state index in [1.54, 1.807) is 43.3 Å². The van der Waals surface area contributed by atoms with Gasteiger partial charge >= 0.3 is 0 Å². The summed E-state index contributed by atoms with van der Waals surface area (Å²) in [6, 6.07) is 13.0. The van der Waals surface area contributed by atoms with Crippen molar-refractivity contribution in [1.82, 2.24) is 19.9 Å². The third kappa shape index (κ3) is 5.07. The molecule has 0 unspecified atom stereocenters. The lowest BCUT2D eigenvalue weighted by atomic mass is 10.2. The predicted octanol–water partition coefficient (Wildman–Crippen LogP) is 4.25. The Bertz CT molecular complexity index is 1210. The second-order valence-corrected chi connectivity index (χ2v) is 7.09. The van der Waals surface area contributed by atoms with Crippen molar-refractivity contribution >= 4 is 23.5 Å². The summed E-state index contributed by atoms with van der Waals surface area (Å²) >= 11 is 5.87. The molecule has 1 N–H and O–H groups in total. The van der Waals surface area contributed by atoms with Crippen LogP contribution in [-0.4, -0.2) is 25.8 Å². The van der Waals surface area contributed by atoms with Gasteiger partial charge in [-0.15, -0.1) is 5.10 Å². The lowest BCUT2D eigenvalue weighted by Gasteiger charge is -2.06. The zero-order valence-electron chi connectivity index (χ0n) is 16.4. The average Bonchev–Trinajstić information content (AvgIpc) is 3.33. The van der Waals surface area contributed by atoms with Gasteiger partial charge < -0.3 is 9.26 Å². The van der Waals surface area contributed by atoms with Crippen LogP contribution >= 0.6 is 11.6 Å². The Morgan fingerprint density at radius 2 is 2.06 bits per heavy atom. The van der Waals surface area contributed by atoms with Gasteiger partial charge in [-0.05, 0) is 48.9 Å². The largest absolute Gasteiger partial charge is 0.489 e. The van der Waals surface area contributed by atoms with E-state index in [1.807, 2.05) is 0 Å². The highest BCUT2D eigenvalue weighted by molar-refractivity contribution is 6.30. The van der Waals surface area contributed by atoms with Crippen LogP contribution in [0.15, 0.2) is 59.4 Å². The van der Waals surface area contributed by atoms with Crippen molar-refractivity contribution in [2.45, 2.75) is 20.1 Å². The lowest BCUT2D eigenvalue weighted by Crippen LogP contribution is -2.16. The molecule has 31 heavy (non-hydrogen) atoms. The fraction of sp³-hybridized carbons (Fsp3) is 0.143. The summed E-state index contributed by atoms with van der Waals surface area (Å²) in [6.45, 7) is 2.08. The lowest BCUT2D eigenvalue weighted by molar-refractivity contribution is 0.101. The van der Waals surface area contributed by atoms with Crippen molar-refractivity contribution < 1.29 is 18.4 Å². The van der Waals surface area contributed by atoms with E-state index in [9.17, 15) is 9.18 Å². The summed E-state index contributed by atoms with van der Waals surface area (Å²) in [5, 5.41) is 11.2. The van der Waals surface area contributed by atoms with E-state index in [0.29, 0.717) is 28.6 Å². The van der Waals surface area contributed by atoms with E-state index >= 15 is 0 Å². The van der Waals surface area contributed by atoms with Gasteiger partial charge in [0.2, 0.25) is 5.95 Å². The maximum atomic E-state index is 13.3. The fourth-order valence-electron chi connectivity index (χ4n) is 2.84. The molecule has 158 valence electrons. The molecule has 1 amide bonds. The summed E-state index contributed by atoms with van der Waals surface area (Å²) in [4.78, 5) is 16.7. The second kappa shape index (κ2) is 8.97. The van der Waals surface area contributed by atoms with Crippen molar-refractivity contribution in [3.05, 3.63) is 88.3 Å². The number of rotatable bonds is 7. The van der Waals surface area contributed by atoms with Crippen molar-refractivity contribution in [3.63, 3.8) is 0 Å². The summed E-state index contributed by atoms with van der Waals surface area (Å²) < 4.78 is 25.7. The Morgan fingerprint density at radius 3 is 2.84 bits per heavy atom. The molecule has 0 aliphatic heterocycles. The SMILES string of the molecule is Cc1onc(C(=O)Nc2ncn(Cc3cccc(F)c3)n2)c1COc1ccc(Cl)cc1. The minimum absolute atomic E-state index is 0.0768. The normalized spacial score (nSPS) is 10.8. The van der Waals surface area contributed by atoms with Crippen molar-refractivity contribution in [2.24, 2.45) is 0 Å². The molecule has 2 aromatic carbocycles. The van der Waals surface area contributed by atoms with E-state index in [1.165, 1.54) is 23.1 Å². The molecular weight excluding hydrogens is 425 g/mol. The van der Waals surface area contributed by atoms with Crippen LogP contribution in [-0.2, 0) is 13.2 Å². The number of ether oxygens (including phenoxy) is 1. The summed E-state index contributed by atoms with van der Waals surface area (Å²) in [7, 11) is 0. The topological polar surface area (TPSA) is 95.1 Å². The molecule has 0 fully saturated rings. The average molecular weight is 442 g/mol. The first kappa shape index (κ1) is 20.5. The zero-order chi connectivity index (χ0) is 21.8. The number of amides is 1. The number of carbonyl (C=O) groups is 1. The minimum atomic E-state index is -0.532. The second-order valence-electron chi connectivity index (χ2n) is 6.66. The molecule has 0 saturated heterocycles. The van der Waals surface area contributed by atoms with Gasteiger partial charge in [0.15, 0.2) is 5.69 Å². The number of benzene rings is 2. The molecule has 0 atom stereocenters. The van der Waals surface area contributed by atoms with E-state index in [-0.39, 0.29) is 24.1 Å². The number of hydrogen-bond acceptors (Lipinski definition) is 6. The van der Waals surface area contributed by atoms with Crippen LogP contribution in [0.4, 0.5) is 10.3 Å². The Morgan fingerprint density at radius 1 is 1.26 bits per heavy atom. The first-order valence-electron chi connectivity index (χ1n) is 9.26. The van der Waals surface area contributed by atoms with Gasteiger partial charge in [0.05, 0.1) is 12.1 Å². The highest BCUT2D eigenvalue weighted by Gasteiger charge is 2.21. The van der Waals surface area contributed by atoms with E-state index in [0.717, 1.165) is 5.56 Å². The monoisotopic (exact) mass is 441 g/mol. The quantitative estimate of drug-likeness (QED) is 0.460. The van der Waals surface area contributed by atoms with Crippen molar-refractivity contribution in [1.29, 1.82) is 0 Å². The molecule has 0 spiro atoms. The van der Waals surface area contributed by atoms with Crippen LogP contribution in [0.3, 0.4) is 0 Å². The van der Waals surface area contributed by atoms with Gasteiger partial charge in [0.25, 0.3) is 5.91 Å². The smallest absolute Gasteiger partial charge is 0.280 e.